The molecular weight excluding hydrogens is 306 g/mol. The summed E-state index contributed by atoms with van der Waals surface area (Å²) in [5, 5.41) is 0. The van der Waals surface area contributed by atoms with Crippen LogP contribution in [0.4, 0.5) is 0 Å². The Kier molecular flexibility index (Phi) is 4.94. The van der Waals surface area contributed by atoms with Crippen LogP contribution in [0.2, 0.25) is 0 Å². The Bertz CT molecular complexity index is 652. The number of hydrogen-bond donors (Lipinski definition) is 2. The SMILES string of the molecule is C[C@@H](CN)NS(=O)(=O)CCCN1C(=O)c2ccccc2C1=O. The van der Waals surface area contributed by atoms with E-state index in [1.807, 2.05) is 0 Å². The van der Waals surface area contributed by atoms with Gasteiger partial charge in [-0.2, -0.15) is 0 Å². The van der Waals surface area contributed by atoms with Crippen molar-refractivity contribution in [1.29, 1.82) is 0 Å². The summed E-state index contributed by atoms with van der Waals surface area (Å²) in [4.78, 5) is 25.3. The largest absolute Gasteiger partial charge is 0.329 e. The number of sulfonamides is 1. The number of carbonyl (C=O) groups is 2. The van der Waals surface area contributed by atoms with Crippen LogP contribution in [0.25, 0.3) is 0 Å². The predicted octanol–water partition coefficient (Wildman–Crippen LogP) is -0.0607. The van der Waals surface area contributed by atoms with Crippen molar-refractivity contribution in [2.24, 2.45) is 5.73 Å². The number of rotatable bonds is 7. The van der Waals surface area contributed by atoms with Crippen molar-refractivity contribution in [2.45, 2.75) is 19.4 Å². The maximum atomic E-state index is 12.1. The van der Waals surface area contributed by atoms with Gasteiger partial charge in [0, 0.05) is 19.1 Å². The maximum absolute atomic E-state index is 12.1. The highest BCUT2D eigenvalue weighted by Crippen LogP contribution is 2.22. The van der Waals surface area contributed by atoms with E-state index in [1.54, 1.807) is 31.2 Å². The third-order valence-electron chi connectivity index (χ3n) is 3.41. The zero-order valence-electron chi connectivity index (χ0n) is 12.3. The van der Waals surface area contributed by atoms with Crippen LogP contribution in [0.5, 0.6) is 0 Å². The Balaban J connectivity index is 1.94. The molecule has 1 aliphatic rings. The topological polar surface area (TPSA) is 110 Å². The second-order valence-corrected chi connectivity index (χ2v) is 7.11. The lowest BCUT2D eigenvalue weighted by molar-refractivity contribution is 0.0654. The lowest BCUT2D eigenvalue weighted by atomic mass is 10.1. The van der Waals surface area contributed by atoms with Gasteiger partial charge >= 0.3 is 0 Å². The minimum absolute atomic E-state index is 0.0737. The highest BCUT2D eigenvalue weighted by molar-refractivity contribution is 7.89. The number of nitrogens with two attached hydrogens (primary N) is 1. The molecule has 0 radical (unpaired) electrons. The third kappa shape index (κ3) is 3.52. The molecule has 8 heteroatoms. The molecule has 2 amide bonds. The van der Waals surface area contributed by atoms with Crippen LogP contribution < -0.4 is 10.5 Å². The van der Waals surface area contributed by atoms with Crippen LogP contribution in [0.1, 0.15) is 34.1 Å². The van der Waals surface area contributed by atoms with Gasteiger partial charge in [-0.3, -0.25) is 14.5 Å². The van der Waals surface area contributed by atoms with Crippen LogP contribution >= 0.6 is 0 Å². The van der Waals surface area contributed by atoms with Gasteiger partial charge in [-0.1, -0.05) is 12.1 Å². The fourth-order valence-corrected chi connectivity index (χ4v) is 3.60. The normalized spacial score (nSPS) is 16.0. The zero-order valence-corrected chi connectivity index (χ0v) is 13.1. The second kappa shape index (κ2) is 6.55. The van der Waals surface area contributed by atoms with E-state index < -0.39 is 10.0 Å². The summed E-state index contributed by atoms with van der Waals surface area (Å²) < 4.78 is 26.0. The van der Waals surface area contributed by atoms with Gasteiger partial charge in [0.25, 0.3) is 11.8 Å². The average Bonchev–Trinajstić information content (AvgIpc) is 2.72. The van der Waals surface area contributed by atoms with Crippen LogP contribution in [-0.2, 0) is 10.0 Å². The van der Waals surface area contributed by atoms with Crippen molar-refractivity contribution in [1.82, 2.24) is 9.62 Å². The van der Waals surface area contributed by atoms with E-state index in [1.165, 1.54) is 0 Å². The minimum Gasteiger partial charge on any atom is -0.329 e. The molecule has 1 atom stereocenters. The third-order valence-corrected chi connectivity index (χ3v) is 4.99. The first-order chi connectivity index (χ1) is 10.4. The number of carbonyl (C=O) groups excluding carboxylic acids is 2. The maximum Gasteiger partial charge on any atom is 0.261 e. The molecule has 1 aromatic rings. The highest BCUT2D eigenvalue weighted by Gasteiger charge is 2.34. The molecule has 7 nitrogen and oxygen atoms in total. The van der Waals surface area contributed by atoms with Crippen molar-refractivity contribution in [3.05, 3.63) is 35.4 Å². The second-order valence-electron chi connectivity index (χ2n) is 5.23. The molecule has 120 valence electrons. The summed E-state index contributed by atoms with van der Waals surface area (Å²) in [5.41, 5.74) is 6.10. The number of amides is 2. The van der Waals surface area contributed by atoms with E-state index in [9.17, 15) is 18.0 Å². The molecule has 2 rings (SSSR count). The van der Waals surface area contributed by atoms with Gasteiger partial charge in [-0.25, -0.2) is 13.1 Å². The van der Waals surface area contributed by atoms with Crippen molar-refractivity contribution >= 4 is 21.8 Å². The smallest absolute Gasteiger partial charge is 0.261 e. The molecule has 0 unspecified atom stereocenters. The average molecular weight is 325 g/mol. The predicted molar refractivity (Wildman–Crippen MR) is 81.9 cm³/mol. The Hall–Kier alpha value is -1.77. The number of nitrogens with one attached hydrogen (secondary N) is 1. The van der Waals surface area contributed by atoms with E-state index in [2.05, 4.69) is 4.72 Å². The molecule has 0 saturated heterocycles. The van der Waals surface area contributed by atoms with Crippen LogP contribution in [0, 0.1) is 0 Å². The molecule has 1 aliphatic heterocycles. The molecular formula is C14H19N3O4S. The van der Waals surface area contributed by atoms with E-state index in [4.69, 9.17) is 5.73 Å². The van der Waals surface area contributed by atoms with E-state index in [0.717, 1.165) is 4.90 Å². The van der Waals surface area contributed by atoms with Crippen molar-refractivity contribution in [2.75, 3.05) is 18.8 Å². The summed E-state index contributed by atoms with van der Waals surface area (Å²) in [7, 11) is -3.47. The number of fused-ring (bicyclic) bond motifs is 1. The van der Waals surface area contributed by atoms with Crippen LogP contribution in [0.15, 0.2) is 24.3 Å². The van der Waals surface area contributed by atoms with Gasteiger partial charge in [0.15, 0.2) is 0 Å². The highest BCUT2D eigenvalue weighted by atomic mass is 32.2. The zero-order chi connectivity index (χ0) is 16.3. The molecule has 0 bridgehead atoms. The molecule has 22 heavy (non-hydrogen) atoms. The Labute approximate surface area is 129 Å². The van der Waals surface area contributed by atoms with Crippen LogP contribution in [-0.4, -0.2) is 50.0 Å². The summed E-state index contributed by atoms with van der Waals surface area (Å²) in [5.74, 6) is -0.910. The van der Waals surface area contributed by atoms with Gasteiger partial charge in [0.05, 0.1) is 16.9 Å². The molecule has 0 spiro atoms. The van der Waals surface area contributed by atoms with Gasteiger partial charge in [-0.15, -0.1) is 0 Å². The summed E-state index contributed by atoms with van der Waals surface area (Å²) >= 11 is 0. The first-order valence-electron chi connectivity index (χ1n) is 7.01. The van der Waals surface area contributed by atoms with Crippen LogP contribution in [0.3, 0.4) is 0 Å². The van der Waals surface area contributed by atoms with Gasteiger partial charge < -0.3 is 5.73 Å². The summed E-state index contributed by atoms with van der Waals surface area (Å²) in [6, 6.07) is 6.23. The molecule has 0 saturated carbocycles. The first-order valence-corrected chi connectivity index (χ1v) is 8.66. The molecule has 0 fully saturated rings. The van der Waals surface area contributed by atoms with Crippen molar-refractivity contribution in [3.8, 4) is 0 Å². The van der Waals surface area contributed by atoms with Gasteiger partial charge in [-0.05, 0) is 25.5 Å². The minimum atomic E-state index is -3.47. The molecule has 1 heterocycles. The number of hydrogen-bond acceptors (Lipinski definition) is 5. The summed E-state index contributed by atoms with van der Waals surface area (Å²) in [6.45, 7) is 1.95. The molecule has 0 aromatic heterocycles. The Morgan fingerprint density at radius 1 is 1.18 bits per heavy atom. The fourth-order valence-electron chi connectivity index (χ4n) is 2.27. The van der Waals surface area contributed by atoms with Gasteiger partial charge in [0.1, 0.15) is 0 Å². The lowest BCUT2D eigenvalue weighted by Gasteiger charge is -2.15. The number of imide groups is 1. The Morgan fingerprint density at radius 2 is 1.73 bits per heavy atom. The standard InChI is InChI=1S/C14H19N3O4S/c1-10(9-15)16-22(20,21)8-4-7-17-13(18)11-5-2-3-6-12(11)14(17)19/h2-3,5-6,10,16H,4,7-9,15H2,1H3/t10-/m0/s1. The van der Waals surface area contributed by atoms with Gasteiger partial charge in [0.2, 0.25) is 10.0 Å². The number of benzene rings is 1. The quantitative estimate of drug-likeness (QED) is 0.683. The molecule has 3 N–H and O–H groups in total. The number of nitrogens with zero attached hydrogens (tertiary/aromatic N) is 1. The Morgan fingerprint density at radius 3 is 2.23 bits per heavy atom. The fraction of sp³-hybridized carbons (Fsp3) is 0.429. The lowest BCUT2D eigenvalue weighted by Crippen LogP contribution is -2.40. The van der Waals surface area contributed by atoms with Crippen molar-refractivity contribution < 1.29 is 18.0 Å². The van der Waals surface area contributed by atoms with E-state index >= 15 is 0 Å². The molecule has 0 aliphatic carbocycles. The first kappa shape index (κ1) is 16.6. The van der Waals surface area contributed by atoms with E-state index in [0.29, 0.717) is 11.1 Å². The summed E-state index contributed by atoms with van der Waals surface area (Å²) in [6.07, 6.45) is 0.179. The van der Waals surface area contributed by atoms with Crippen molar-refractivity contribution in [3.63, 3.8) is 0 Å². The van der Waals surface area contributed by atoms with E-state index in [-0.39, 0.29) is 43.1 Å². The monoisotopic (exact) mass is 325 g/mol. The molecule has 1 aromatic carbocycles.